The molecule has 1 heterocycles. The summed E-state index contributed by atoms with van der Waals surface area (Å²) < 4.78 is 4.70. The second kappa shape index (κ2) is 4.94. The van der Waals surface area contributed by atoms with E-state index in [2.05, 4.69) is 71.4 Å². The maximum atomic E-state index is 4.94. The van der Waals surface area contributed by atoms with Crippen molar-refractivity contribution in [3.8, 4) is 0 Å². The minimum Gasteiger partial charge on any atom is -0.312 e. The summed E-state index contributed by atoms with van der Waals surface area (Å²) in [5, 5.41) is 0. The number of aromatic nitrogens is 2. The van der Waals surface area contributed by atoms with Crippen LogP contribution in [0.1, 0.15) is 71.9 Å². The van der Waals surface area contributed by atoms with Gasteiger partial charge in [-0.3, -0.25) is 0 Å². The van der Waals surface area contributed by atoms with Crippen LogP contribution >= 0.6 is 0 Å². The number of nitrogens with zero attached hydrogens (tertiary/aromatic N) is 3. The van der Waals surface area contributed by atoms with Gasteiger partial charge in [-0.2, -0.15) is 0 Å². The van der Waals surface area contributed by atoms with E-state index in [1.165, 1.54) is 11.4 Å². The number of hydrogen-bond acceptors (Lipinski definition) is 1. The van der Waals surface area contributed by atoms with E-state index < -0.39 is 0 Å². The van der Waals surface area contributed by atoms with Crippen LogP contribution < -0.4 is 5.62 Å². The Morgan fingerprint density at radius 2 is 1.17 bits per heavy atom. The van der Waals surface area contributed by atoms with Gasteiger partial charge in [0.1, 0.15) is 0 Å². The molecule has 0 spiro atoms. The first-order valence-corrected chi connectivity index (χ1v) is 6.92. The van der Waals surface area contributed by atoms with Gasteiger partial charge in [0, 0.05) is 23.5 Å². The van der Waals surface area contributed by atoms with Crippen LogP contribution in [0.15, 0.2) is 4.99 Å². The van der Waals surface area contributed by atoms with E-state index in [0.717, 1.165) is 5.62 Å². The first-order chi connectivity index (χ1) is 8.06. The molecule has 0 aliphatic rings. The van der Waals surface area contributed by atoms with E-state index in [9.17, 15) is 0 Å². The summed E-state index contributed by atoms with van der Waals surface area (Å²) in [4.78, 5) is 4.94. The van der Waals surface area contributed by atoms with E-state index in [1.807, 2.05) is 0 Å². The van der Waals surface area contributed by atoms with Crippen molar-refractivity contribution < 1.29 is 0 Å². The molecule has 0 aliphatic carbocycles. The molecule has 0 aliphatic heterocycles. The highest BCUT2D eigenvalue weighted by Crippen LogP contribution is 2.16. The molecule has 3 nitrogen and oxygen atoms in total. The average Bonchev–Trinajstić information content (AvgIpc) is 2.35. The molecule has 0 saturated heterocycles. The molecule has 1 aromatic rings. The van der Waals surface area contributed by atoms with Gasteiger partial charge in [-0.05, 0) is 62.3 Å². The molecule has 0 saturated carbocycles. The molecule has 0 bridgehead atoms. The van der Waals surface area contributed by atoms with Crippen molar-refractivity contribution in [1.82, 2.24) is 9.13 Å². The molecule has 1 rings (SSSR count). The molecular formula is C15H29N3. The minimum absolute atomic E-state index is 0.0550. The Hall–Kier alpha value is -0.990. The third kappa shape index (κ3) is 2.88. The van der Waals surface area contributed by atoms with Gasteiger partial charge >= 0.3 is 0 Å². The van der Waals surface area contributed by atoms with Crippen LogP contribution in [-0.2, 0) is 0 Å². The highest BCUT2D eigenvalue weighted by molar-refractivity contribution is 5.13. The second-order valence-electron chi connectivity index (χ2n) is 6.68. The van der Waals surface area contributed by atoms with Crippen molar-refractivity contribution in [2.24, 2.45) is 4.99 Å². The van der Waals surface area contributed by atoms with Crippen LogP contribution in [0.3, 0.4) is 0 Å². The van der Waals surface area contributed by atoms with Crippen molar-refractivity contribution in [3.63, 3.8) is 0 Å². The number of hydrogen-bond donors (Lipinski definition) is 0. The molecule has 3 heteroatoms. The Bertz CT molecular complexity index is 445. The van der Waals surface area contributed by atoms with E-state index in [0.29, 0.717) is 12.1 Å². The van der Waals surface area contributed by atoms with Gasteiger partial charge in [-0.1, -0.05) is 0 Å². The van der Waals surface area contributed by atoms with Crippen LogP contribution in [0.5, 0.6) is 0 Å². The van der Waals surface area contributed by atoms with Crippen LogP contribution in [-0.4, -0.2) is 14.7 Å². The van der Waals surface area contributed by atoms with Crippen LogP contribution in [0.4, 0.5) is 0 Å². The summed E-state index contributed by atoms with van der Waals surface area (Å²) in [6.45, 7) is 19.7. The van der Waals surface area contributed by atoms with Crippen molar-refractivity contribution in [3.05, 3.63) is 17.0 Å². The predicted molar refractivity (Wildman–Crippen MR) is 78.0 cm³/mol. The molecule has 1 aromatic heterocycles. The van der Waals surface area contributed by atoms with Crippen LogP contribution in [0.25, 0.3) is 0 Å². The Kier molecular flexibility index (Phi) is 4.14. The second-order valence-corrected chi connectivity index (χ2v) is 6.68. The fraction of sp³-hybridized carbons (Fsp3) is 0.800. The number of imidazole rings is 1. The fourth-order valence-corrected chi connectivity index (χ4v) is 2.41. The molecule has 0 atom stereocenters. The summed E-state index contributed by atoms with van der Waals surface area (Å²) >= 11 is 0. The molecule has 0 amide bonds. The molecule has 104 valence electrons. The minimum atomic E-state index is -0.0550. The summed E-state index contributed by atoms with van der Waals surface area (Å²) in [7, 11) is 0. The first-order valence-electron chi connectivity index (χ1n) is 6.92. The average molecular weight is 251 g/mol. The Balaban J connectivity index is 3.75. The number of rotatable bonds is 2. The topological polar surface area (TPSA) is 22.2 Å². The lowest BCUT2D eigenvalue weighted by atomic mass is 10.1. The van der Waals surface area contributed by atoms with Gasteiger partial charge in [-0.15, -0.1) is 0 Å². The Labute approximate surface area is 112 Å². The third-order valence-corrected chi connectivity index (χ3v) is 3.15. The predicted octanol–water partition coefficient (Wildman–Crippen LogP) is 3.77. The zero-order chi connectivity index (χ0) is 14.2. The van der Waals surface area contributed by atoms with Gasteiger partial charge in [0.2, 0.25) is 5.62 Å². The normalized spacial score (nSPS) is 12.6. The first kappa shape index (κ1) is 15.1. The van der Waals surface area contributed by atoms with Crippen molar-refractivity contribution in [2.45, 2.75) is 79.9 Å². The lowest BCUT2D eigenvalue weighted by molar-refractivity contribution is 0.461. The highest BCUT2D eigenvalue weighted by atomic mass is 15.2. The van der Waals surface area contributed by atoms with E-state index in [1.54, 1.807) is 0 Å². The van der Waals surface area contributed by atoms with Crippen LogP contribution in [0.2, 0.25) is 0 Å². The van der Waals surface area contributed by atoms with Gasteiger partial charge in [0.05, 0.1) is 5.54 Å². The van der Waals surface area contributed by atoms with Gasteiger partial charge in [0.15, 0.2) is 0 Å². The summed E-state index contributed by atoms with van der Waals surface area (Å²) in [5.74, 6) is 0. The monoisotopic (exact) mass is 251 g/mol. The molecular weight excluding hydrogens is 222 g/mol. The smallest absolute Gasteiger partial charge is 0.206 e. The zero-order valence-corrected chi connectivity index (χ0v) is 13.5. The lowest BCUT2D eigenvalue weighted by Gasteiger charge is -2.17. The van der Waals surface area contributed by atoms with E-state index in [4.69, 9.17) is 4.99 Å². The largest absolute Gasteiger partial charge is 0.312 e. The zero-order valence-electron chi connectivity index (χ0n) is 13.5. The molecule has 18 heavy (non-hydrogen) atoms. The van der Waals surface area contributed by atoms with Crippen LogP contribution in [0, 0.1) is 13.8 Å². The van der Waals surface area contributed by atoms with Gasteiger partial charge < -0.3 is 9.13 Å². The highest BCUT2D eigenvalue weighted by Gasteiger charge is 2.18. The standard InChI is InChI=1S/C15H29N3/c1-10(2)17-12(5)13(6)18(11(3)4)14(17)16-15(7,8)9/h10-11H,1-9H3. The third-order valence-electron chi connectivity index (χ3n) is 3.15. The molecule has 0 fully saturated rings. The maximum Gasteiger partial charge on any atom is 0.206 e. The molecule has 0 unspecified atom stereocenters. The molecule has 0 radical (unpaired) electrons. The van der Waals surface area contributed by atoms with Crippen molar-refractivity contribution in [1.29, 1.82) is 0 Å². The lowest BCUT2D eigenvalue weighted by Crippen LogP contribution is -2.32. The SMILES string of the molecule is Cc1c(C)n(C(C)C)c(=NC(C)(C)C)n1C(C)C. The van der Waals surface area contributed by atoms with E-state index >= 15 is 0 Å². The molecule has 0 aromatic carbocycles. The Morgan fingerprint density at radius 1 is 0.833 bits per heavy atom. The van der Waals surface area contributed by atoms with Gasteiger partial charge in [0.25, 0.3) is 0 Å². The molecule has 0 N–H and O–H groups in total. The van der Waals surface area contributed by atoms with E-state index in [-0.39, 0.29) is 5.54 Å². The quantitative estimate of drug-likeness (QED) is 0.763. The van der Waals surface area contributed by atoms with Crippen molar-refractivity contribution in [2.75, 3.05) is 0 Å². The Morgan fingerprint density at radius 3 is 1.39 bits per heavy atom. The maximum absolute atomic E-state index is 4.94. The van der Waals surface area contributed by atoms with Crippen molar-refractivity contribution >= 4 is 0 Å². The summed E-state index contributed by atoms with van der Waals surface area (Å²) in [6.07, 6.45) is 0. The fourth-order valence-electron chi connectivity index (χ4n) is 2.41. The van der Waals surface area contributed by atoms with Gasteiger partial charge in [-0.25, -0.2) is 4.99 Å². The summed E-state index contributed by atoms with van der Waals surface area (Å²) in [5.41, 5.74) is 3.69. The summed E-state index contributed by atoms with van der Waals surface area (Å²) in [6, 6.07) is 0.870.